The molecule has 0 aliphatic carbocycles. The summed E-state index contributed by atoms with van der Waals surface area (Å²) in [6.45, 7) is 4.67. The Morgan fingerprint density at radius 3 is 2.09 bits per heavy atom. The Labute approximate surface area is 81.3 Å². The molecule has 0 amide bonds. The zero-order valence-corrected chi connectivity index (χ0v) is 8.42. The van der Waals surface area contributed by atoms with Gasteiger partial charge in [0.05, 0.1) is 0 Å². The first-order valence-electron chi connectivity index (χ1n) is 3.86. The number of hydrogen-bond donors (Lipinski definition) is 1. The number of halogens is 2. The molecule has 1 rings (SSSR count). The minimum atomic E-state index is 0. The van der Waals surface area contributed by atoms with Crippen molar-refractivity contribution < 1.29 is 0 Å². The molecule has 0 saturated carbocycles. The summed E-state index contributed by atoms with van der Waals surface area (Å²) < 4.78 is 0. The highest BCUT2D eigenvalue weighted by atomic mass is 35.5. The maximum atomic E-state index is 5.38. The average molecular weight is 201 g/mol. The fourth-order valence-corrected chi connectivity index (χ4v) is 1.32. The van der Waals surface area contributed by atoms with Crippen molar-refractivity contribution >= 4 is 24.8 Å². The third kappa shape index (κ3) is 5.74. The molecule has 0 aromatic carbocycles. The van der Waals surface area contributed by atoms with E-state index in [-0.39, 0.29) is 24.8 Å². The fraction of sp³-hybridized carbons (Fsp3) is 1.00. The van der Waals surface area contributed by atoms with Crippen LogP contribution in [0.5, 0.6) is 0 Å². The van der Waals surface area contributed by atoms with Gasteiger partial charge in [0.15, 0.2) is 0 Å². The summed E-state index contributed by atoms with van der Waals surface area (Å²) in [4.78, 5) is 2.49. The highest BCUT2D eigenvalue weighted by Crippen LogP contribution is 2.06. The maximum Gasteiger partial charge on any atom is -0.000672 e. The van der Waals surface area contributed by atoms with Crippen LogP contribution in [-0.4, -0.2) is 31.1 Å². The van der Waals surface area contributed by atoms with Crippen LogP contribution in [-0.2, 0) is 0 Å². The molecular weight excluding hydrogens is 183 g/mol. The highest BCUT2D eigenvalue weighted by Gasteiger charge is 2.09. The summed E-state index contributed by atoms with van der Waals surface area (Å²) in [6.07, 6.45) is 3.95. The molecule has 1 saturated heterocycles. The van der Waals surface area contributed by atoms with Gasteiger partial charge in [-0.15, -0.1) is 24.8 Å². The molecule has 0 unspecified atom stereocenters. The summed E-state index contributed by atoms with van der Waals surface area (Å²) in [5.74, 6) is 0. The van der Waals surface area contributed by atoms with Crippen molar-refractivity contribution in [3.8, 4) is 0 Å². The second-order valence-electron chi connectivity index (χ2n) is 2.69. The first kappa shape index (κ1) is 14.0. The minimum absolute atomic E-state index is 0. The van der Waals surface area contributed by atoms with E-state index in [0.717, 1.165) is 6.54 Å². The summed E-state index contributed by atoms with van der Waals surface area (Å²) in [5.41, 5.74) is 5.38. The normalized spacial score (nSPS) is 17.2. The minimum Gasteiger partial charge on any atom is -0.330 e. The average Bonchev–Trinajstić information content (AvgIpc) is 2.34. The van der Waals surface area contributed by atoms with Gasteiger partial charge in [0.2, 0.25) is 0 Å². The van der Waals surface area contributed by atoms with E-state index >= 15 is 0 Å². The molecule has 0 spiro atoms. The first-order valence-corrected chi connectivity index (χ1v) is 3.86. The second-order valence-corrected chi connectivity index (χ2v) is 2.69. The molecule has 11 heavy (non-hydrogen) atoms. The molecule has 2 nitrogen and oxygen atoms in total. The van der Waals surface area contributed by atoms with Gasteiger partial charge in [0.25, 0.3) is 0 Å². The van der Waals surface area contributed by atoms with Crippen LogP contribution in [0.25, 0.3) is 0 Å². The standard InChI is InChI=1S/C7H16N2.2ClH/c8-4-3-7-9-5-1-2-6-9;;/h1-8H2;2*1H. The predicted octanol–water partition coefficient (Wildman–Crippen LogP) is 1.27. The number of likely N-dealkylation sites (tertiary alicyclic amines) is 1. The van der Waals surface area contributed by atoms with Crippen molar-refractivity contribution in [2.45, 2.75) is 19.3 Å². The van der Waals surface area contributed by atoms with Crippen LogP contribution in [0.1, 0.15) is 19.3 Å². The molecular formula is C7H18Cl2N2. The fourth-order valence-electron chi connectivity index (χ4n) is 1.32. The molecule has 4 heteroatoms. The van der Waals surface area contributed by atoms with E-state index < -0.39 is 0 Å². The van der Waals surface area contributed by atoms with Gasteiger partial charge in [0.1, 0.15) is 0 Å². The number of nitrogens with zero attached hydrogens (tertiary/aromatic N) is 1. The third-order valence-corrected chi connectivity index (χ3v) is 1.88. The Hall–Kier alpha value is 0.500. The van der Waals surface area contributed by atoms with Gasteiger partial charge < -0.3 is 10.6 Å². The molecule has 0 radical (unpaired) electrons. The molecule has 70 valence electrons. The molecule has 1 heterocycles. The number of hydrogen-bond acceptors (Lipinski definition) is 2. The predicted molar refractivity (Wildman–Crippen MR) is 53.8 cm³/mol. The van der Waals surface area contributed by atoms with Crippen LogP contribution in [0.4, 0.5) is 0 Å². The SMILES string of the molecule is Cl.Cl.NCCCN1CCCC1. The second kappa shape index (κ2) is 8.60. The molecule has 0 bridgehead atoms. The molecule has 2 N–H and O–H groups in total. The Kier molecular flexibility index (Phi) is 11.0. The van der Waals surface area contributed by atoms with E-state index in [1.165, 1.54) is 38.9 Å². The lowest BCUT2D eigenvalue weighted by Crippen LogP contribution is -2.22. The van der Waals surface area contributed by atoms with Gasteiger partial charge >= 0.3 is 0 Å². The quantitative estimate of drug-likeness (QED) is 0.745. The van der Waals surface area contributed by atoms with E-state index in [4.69, 9.17) is 5.73 Å². The largest absolute Gasteiger partial charge is 0.330 e. The zero-order chi connectivity index (χ0) is 6.53. The van der Waals surface area contributed by atoms with Crippen LogP contribution in [0, 0.1) is 0 Å². The summed E-state index contributed by atoms with van der Waals surface area (Å²) in [5, 5.41) is 0. The van der Waals surface area contributed by atoms with Crippen LogP contribution < -0.4 is 5.73 Å². The van der Waals surface area contributed by atoms with Gasteiger partial charge in [0, 0.05) is 0 Å². The summed E-state index contributed by atoms with van der Waals surface area (Å²) in [7, 11) is 0. The topological polar surface area (TPSA) is 29.3 Å². The Morgan fingerprint density at radius 1 is 1.09 bits per heavy atom. The lowest BCUT2D eigenvalue weighted by molar-refractivity contribution is 0.336. The molecule has 1 fully saturated rings. The molecule has 1 aliphatic heterocycles. The van der Waals surface area contributed by atoms with E-state index in [2.05, 4.69) is 4.90 Å². The van der Waals surface area contributed by atoms with Gasteiger partial charge in [-0.1, -0.05) is 0 Å². The van der Waals surface area contributed by atoms with Crippen molar-refractivity contribution in [3.63, 3.8) is 0 Å². The Balaban J connectivity index is 0. The van der Waals surface area contributed by atoms with Gasteiger partial charge in [-0.05, 0) is 45.4 Å². The van der Waals surface area contributed by atoms with Crippen LogP contribution >= 0.6 is 24.8 Å². The van der Waals surface area contributed by atoms with Crippen molar-refractivity contribution in [1.82, 2.24) is 4.90 Å². The Bertz CT molecular complexity index is 74.8. The number of rotatable bonds is 3. The van der Waals surface area contributed by atoms with Crippen LogP contribution in [0.15, 0.2) is 0 Å². The highest BCUT2D eigenvalue weighted by molar-refractivity contribution is 5.85. The van der Waals surface area contributed by atoms with E-state index in [0.29, 0.717) is 0 Å². The van der Waals surface area contributed by atoms with E-state index in [1.807, 2.05) is 0 Å². The van der Waals surface area contributed by atoms with Crippen molar-refractivity contribution in [3.05, 3.63) is 0 Å². The summed E-state index contributed by atoms with van der Waals surface area (Å²) in [6, 6.07) is 0. The van der Waals surface area contributed by atoms with Crippen LogP contribution in [0.2, 0.25) is 0 Å². The molecule has 0 aromatic heterocycles. The van der Waals surface area contributed by atoms with Gasteiger partial charge in [-0.2, -0.15) is 0 Å². The maximum absolute atomic E-state index is 5.38. The van der Waals surface area contributed by atoms with E-state index in [9.17, 15) is 0 Å². The molecule has 0 atom stereocenters. The van der Waals surface area contributed by atoms with Gasteiger partial charge in [-0.25, -0.2) is 0 Å². The monoisotopic (exact) mass is 200 g/mol. The van der Waals surface area contributed by atoms with Crippen molar-refractivity contribution in [1.29, 1.82) is 0 Å². The lowest BCUT2D eigenvalue weighted by atomic mass is 10.4. The van der Waals surface area contributed by atoms with Crippen molar-refractivity contribution in [2.75, 3.05) is 26.2 Å². The zero-order valence-electron chi connectivity index (χ0n) is 6.79. The van der Waals surface area contributed by atoms with Crippen molar-refractivity contribution in [2.24, 2.45) is 5.73 Å². The van der Waals surface area contributed by atoms with E-state index in [1.54, 1.807) is 0 Å². The molecule has 0 aromatic rings. The first-order chi connectivity index (χ1) is 4.43. The van der Waals surface area contributed by atoms with Gasteiger partial charge in [-0.3, -0.25) is 0 Å². The van der Waals surface area contributed by atoms with Crippen LogP contribution in [0.3, 0.4) is 0 Å². The summed E-state index contributed by atoms with van der Waals surface area (Å²) >= 11 is 0. The lowest BCUT2D eigenvalue weighted by Gasteiger charge is -2.12. The smallest absolute Gasteiger partial charge is 0.000672 e. The molecule has 1 aliphatic rings. The Morgan fingerprint density at radius 2 is 1.64 bits per heavy atom. The third-order valence-electron chi connectivity index (χ3n) is 1.88. The number of nitrogens with two attached hydrogens (primary N) is 1.